The minimum absolute atomic E-state index is 0.306. The summed E-state index contributed by atoms with van der Waals surface area (Å²) in [5, 5.41) is 6.48. The molecule has 1 N–H and O–H groups in total. The van der Waals surface area contributed by atoms with Crippen molar-refractivity contribution < 1.29 is 19.1 Å². The Labute approximate surface area is 201 Å². The lowest BCUT2D eigenvalue weighted by Crippen LogP contribution is -2.33. The van der Waals surface area contributed by atoms with Gasteiger partial charge in [-0.25, -0.2) is 10.2 Å². The number of carbonyl (C=O) groups is 2. The number of benzene rings is 4. The predicted molar refractivity (Wildman–Crippen MR) is 133 cm³/mol. The van der Waals surface area contributed by atoms with E-state index in [9.17, 15) is 9.59 Å². The van der Waals surface area contributed by atoms with Crippen LogP contribution in [0.2, 0.25) is 5.02 Å². The second kappa shape index (κ2) is 10.6. The number of carbonyl (C=O) groups excluding carboxylic acids is 2. The van der Waals surface area contributed by atoms with Crippen molar-refractivity contribution >= 4 is 40.5 Å². The van der Waals surface area contributed by atoms with E-state index in [0.717, 1.165) is 10.8 Å². The smallest absolute Gasteiger partial charge is 0.343 e. The zero-order valence-electron chi connectivity index (χ0n) is 18.3. The van der Waals surface area contributed by atoms with E-state index >= 15 is 0 Å². The molecule has 0 fully saturated rings. The molecule has 0 aliphatic heterocycles. The van der Waals surface area contributed by atoms with Gasteiger partial charge in [-0.15, -0.1) is 0 Å². The number of hydrogen-bond donors (Lipinski definition) is 1. The van der Waals surface area contributed by atoms with E-state index in [1.54, 1.807) is 55.5 Å². The second-order valence-corrected chi connectivity index (χ2v) is 7.84. The number of rotatable bonds is 7. The lowest BCUT2D eigenvalue weighted by Gasteiger charge is -2.14. The summed E-state index contributed by atoms with van der Waals surface area (Å²) in [5.41, 5.74) is 3.35. The first-order chi connectivity index (χ1) is 16.5. The summed E-state index contributed by atoms with van der Waals surface area (Å²) in [7, 11) is 0. The van der Waals surface area contributed by atoms with Crippen molar-refractivity contribution in [3.63, 3.8) is 0 Å². The van der Waals surface area contributed by atoms with Crippen LogP contribution < -0.4 is 14.9 Å². The number of nitrogens with one attached hydrogen (secondary N) is 1. The summed E-state index contributed by atoms with van der Waals surface area (Å²) in [6.07, 6.45) is 0.633. The summed E-state index contributed by atoms with van der Waals surface area (Å²) in [4.78, 5) is 24.9. The average molecular weight is 473 g/mol. The van der Waals surface area contributed by atoms with Crippen LogP contribution in [0.15, 0.2) is 96.1 Å². The molecule has 0 heterocycles. The van der Waals surface area contributed by atoms with Crippen molar-refractivity contribution in [2.24, 2.45) is 5.10 Å². The van der Waals surface area contributed by atoms with Crippen molar-refractivity contribution in [1.82, 2.24) is 5.43 Å². The van der Waals surface area contributed by atoms with Gasteiger partial charge in [0.05, 0.1) is 11.8 Å². The van der Waals surface area contributed by atoms with Crippen LogP contribution in [-0.4, -0.2) is 24.2 Å². The van der Waals surface area contributed by atoms with Gasteiger partial charge >= 0.3 is 5.97 Å². The first kappa shape index (κ1) is 23.0. The molecule has 0 aromatic heterocycles. The SMILES string of the molecule is CC(Oc1cccc2ccccc12)C(=O)N/N=C/c1ccccc1OC(=O)c1ccc(Cl)cc1. The third-order valence-electron chi connectivity index (χ3n) is 5.00. The standard InChI is InChI=1S/C27H21ClN2O4/c1-18(33-25-12-6-9-19-7-2-4-10-23(19)25)26(31)30-29-17-21-8-3-5-11-24(21)34-27(32)20-13-15-22(28)16-14-20/h2-18H,1H3,(H,30,31)/b29-17+. The third-order valence-corrected chi connectivity index (χ3v) is 5.25. The lowest BCUT2D eigenvalue weighted by molar-refractivity contribution is -0.127. The van der Waals surface area contributed by atoms with E-state index in [2.05, 4.69) is 10.5 Å². The zero-order chi connectivity index (χ0) is 23.9. The summed E-state index contributed by atoms with van der Waals surface area (Å²) in [6.45, 7) is 1.65. The van der Waals surface area contributed by atoms with Crippen molar-refractivity contribution in [2.45, 2.75) is 13.0 Å². The number of esters is 1. The molecule has 6 nitrogen and oxygen atoms in total. The van der Waals surface area contributed by atoms with Gasteiger partial charge in [0.2, 0.25) is 0 Å². The number of fused-ring (bicyclic) bond motifs is 1. The van der Waals surface area contributed by atoms with Crippen LogP contribution in [-0.2, 0) is 4.79 Å². The van der Waals surface area contributed by atoms with Gasteiger partial charge in [0.15, 0.2) is 6.10 Å². The fraction of sp³-hybridized carbons (Fsp3) is 0.0741. The quantitative estimate of drug-likeness (QED) is 0.164. The molecule has 0 bridgehead atoms. The number of hydrogen-bond acceptors (Lipinski definition) is 5. The van der Waals surface area contributed by atoms with Crippen LogP contribution >= 0.6 is 11.6 Å². The fourth-order valence-electron chi connectivity index (χ4n) is 3.22. The maximum Gasteiger partial charge on any atom is 0.343 e. The molecule has 0 radical (unpaired) electrons. The summed E-state index contributed by atoms with van der Waals surface area (Å²) in [6, 6.07) is 26.7. The molecule has 1 amide bonds. The van der Waals surface area contributed by atoms with Gasteiger partial charge in [-0.1, -0.05) is 60.1 Å². The van der Waals surface area contributed by atoms with Gasteiger partial charge in [0.1, 0.15) is 11.5 Å². The topological polar surface area (TPSA) is 77.0 Å². The molecule has 7 heteroatoms. The Balaban J connectivity index is 1.39. The fourth-order valence-corrected chi connectivity index (χ4v) is 3.35. The van der Waals surface area contributed by atoms with E-state index in [-0.39, 0.29) is 0 Å². The zero-order valence-corrected chi connectivity index (χ0v) is 19.0. The van der Waals surface area contributed by atoms with Crippen molar-refractivity contribution in [3.8, 4) is 11.5 Å². The highest BCUT2D eigenvalue weighted by Crippen LogP contribution is 2.26. The van der Waals surface area contributed by atoms with Gasteiger partial charge < -0.3 is 9.47 Å². The van der Waals surface area contributed by atoms with Crippen LogP contribution in [0.3, 0.4) is 0 Å². The molecule has 1 atom stereocenters. The average Bonchev–Trinajstić information content (AvgIpc) is 2.85. The molecule has 34 heavy (non-hydrogen) atoms. The molecule has 0 spiro atoms. The maximum atomic E-state index is 12.5. The number of nitrogens with zero attached hydrogens (tertiary/aromatic N) is 1. The van der Waals surface area contributed by atoms with Gasteiger partial charge in [0.25, 0.3) is 5.91 Å². The van der Waals surface area contributed by atoms with Crippen molar-refractivity contribution in [3.05, 3.63) is 107 Å². The van der Waals surface area contributed by atoms with Crippen molar-refractivity contribution in [1.29, 1.82) is 0 Å². The number of amides is 1. The predicted octanol–water partition coefficient (Wildman–Crippen LogP) is 5.63. The highest BCUT2D eigenvalue weighted by atomic mass is 35.5. The monoisotopic (exact) mass is 472 g/mol. The van der Waals surface area contributed by atoms with Crippen LogP contribution in [0, 0.1) is 0 Å². The first-order valence-corrected chi connectivity index (χ1v) is 10.9. The van der Waals surface area contributed by atoms with Crippen LogP contribution in [0.5, 0.6) is 11.5 Å². The van der Waals surface area contributed by atoms with E-state index in [0.29, 0.717) is 27.6 Å². The molecule has 4 rings (SSSR count). The van der Waals surface area contributed by atoms with E-state index < -0.39 is 18.0 Å². The molecular formula is C27H21ClN2O4. The third kappa shape index (κ3) is 5.60. The lowest BCUT2D eigenvalue weighted by atomic mass is 10.1. The van der Waals surface area contributed by atoms with Gasteiger partial charge in [0, 0.05) is 16.0 Å². The largest absolute Gasteiger partial charge is 0.480 e. The molecule has 0 aliphatic carbocycles. The molecule has 1 unspecified atom stereocenters. The Hall–Kier alpha value is -4.16. The number of ether oxygens (including phenoxy) is 2. The Kier molecular flexibility index (Phi) is 7.20. The summed E-state index contributed by atoms with van der Waals surface area (Å²) < 4.78 is 11.3. The highest BCUT2D eigenvalue weighted by Gasteiger charge is 2.16. The molecule has 4 aromatic carbocycles. The van der Waals surface area contributed by atoms with E-state index in [4.69, 9.17) is 21.1 Å². The highest BCUT2D eigenvalue weighted by molar-refractivity contribution is 6.30. The Morgan fingerprint density at radius 1 is 0.882 bits per heavy atom. The normalized spacial score (nSPS) is 11.8. The molecule has 0 saturated heterocycles. The number of para-hydroxylation sites is 1. The number of hydrazone groups is 1. The van der Waals surface area contributed by atoms with E-state index in [1.807, 2.05) is 42.5 Å². The molecule has 0 aliphatic rings. The number of halogens is 1. The van der Waals surface area contributed by atoms with Gasteiger partial charge in [-0.2, -0.15) is 5.10 Å². The molecule has 4 aromatic rings. The van der Waals surface area contributed by atoms with Gasteiger partial charge in [-0.3, -0.25) is 4.79 Å². The second-order valence-electron chi connectivity index (χ2n) is 7.41. The minimum Gasteiger partial charge on any atom is -0.480 e. The maximum absolute atomic E-state index is 12.5. The van der Waals surface area contributed by atoms with Crippen molar-refractivity contribution in [2.75, 3.05) is 0 Å². The van der Waals surface area contributed by atoms with Gasteiger partial charge in [-0.05, 0) is 54.8 Å². The summed E-state index contributed by atoms with van der Waals surface area (Å²) >= 11 is 5.86. The van der Waals surface area contributed by atoms with Crippen LogP contribution in [0.4, 0.5) is 0 Å². The first-order valence-electron chi connectivity index (χ1n) is 10.6. The Morgan fingerprint density at radius 3 is 2.38 bits per heavy atom. The molecule has 170 valence electrons. The Bertz CT molecular complexity index is 1350. The molecule has 0 saturated carbocycles. The minimum atomic E-state index is -0.777. The molecular weight excluding hydrogens is 452 g/mol. The summed E-state index contributed by atoms with van der Waals surface area (Å²) in [5.74, 6) is -0.0248. The van der Waals surface area contributed by atoms with E-state index in [1.165, 1.54) is 6.21 Å². The van der Waals surface area contributed by atoms with Crippen LogP contribution in [0.25, 0.3) is 10.8 Å². The van der Waals surface area contributed by atoms with Crippen LogP contribution in [0.1, 0.15) is 22.8 Å². The Morgan fingerprint density at radius 2 is 1.56 bits per heavy atom.